The molecule has 0 radical (unpaired) electrons. The molecule has 2 heteroatoms. The Balaban J connectivity index is 2.36. The van der Waals surface area contributed by atoms with Gasteiger partial charge in [-0.05, 0) is 39.7 Å². The fourth-order valence-corrected chi connectivity index (χ4v) is 1.48. The highest BCUT2D eigenvalue weighted by molar-refractivity contribution is 5.07. The van der Waals surface area contributed by atoms with Crippen LogP contribution in [0, 0.1) is 0 Å². The van der Waals surface area contributed by atoms with E-state index in [1.54, 1.807) is 0 Å². The van der Waals surface area contributed by atoms with E-state index in [2.05, 4.69) is 32.6 Å². The van der Waals surface area contributed by atoms with Crippen molar-refractivity contribution in [3.63, 3.8) is 0 Å². The number of hydrogen-bond acceptors (Lipinski definition) is 2. The van der Waals surface area contributed by atoms with Crippen molar-refractivity contribution in [2.24, 2.45) is 0 Å². The van der Waals surface area contributed by atoms with Crippen molar-refractivity contribution in [3.8, 4) is 0 Å². The summed E-state index contributed by atoms with van der Waals surface area (Å²) in [5, 5.41) is 0. The molecule has 0 aromatic heterocycles. The number of hydrogen-bond donors (Lipinski definition) is 0. The summed E-state index contributed by atoms with van der Waals surface area (Å²) in [6, 6.07) is 0.657. The van der Waals surface area contributed by atoms with Crippen molar-refractivity contribution in [2.75, 3.05) is 13.1 Å². The summed E-state index contributed by atoms with van der Waals surface area (Å²) in [4.78, 5) is 2.47. The first kappa shape index (κ1) is 10.6. The van der Waals surface area contributed by atoms with E-state index in [1.165, 1.54) is 18.5 Å². The Bertz CT molecular complexity index is 185. The topological polar surface area (TPSA) is 12.5 Å². The summed E-state index contributed by atoms with van der Waals surface area (Å²) in [6.07, 6.45) is 3.43. The maximum atomic E-state index is 5.47. The Labute approximate surface area is 81.6 Å². The van der Waals surface area contributed by atoms with Gasteiger partial charge in [-0.3, -0.25) is 4.90 Å². The Morgan fingerprint density at radius 2 is 2.00 bits per heavy atom. The fraction of sp³-hybridized carbons (Fsp3) is 0.818. The van der Waals surface area contributed by atoms with Crippen molar-refractivity contribution < 1.29 is 4.74 Å². The monoisotopic (exact) mass is 183 g/mol. The molecule has 76 valence electrons. The van der Waals surface area contributed by atoms with Gasteiger partial charge in [0.2, 0.25) is 0 Å². The average Bonchev–Trinajstić information content (AvgIpc) is 2.48. The summed E-state index contributed by atoms with van der Waals surface area (Å²) < 4.78 is 5.47. The number of rotatable bonds is 3. The van der Waals surface area contributed by atoms with Crippen LogP contribution in [0.1, 0.15) is 34.1 Å². The molecule has 1 heterocycles. The van der Waals surface area contributed by atoms with Gasteiger partial charge in [-0.25, -0.2) is 0 Å². The van der Waals surface area contributed by atoms with Gasteiger partial charge in [0.05, 0.1) is 12.4 Å². The third-order valence-electron chi connectivity index (χ3n) is 2.36. The van der Waals surface area contributed by atoms with Crippen LogP contribution < -0.4 is 0 Å². The zero-order chi connectivity index (χ0) is 9.84. The van der Waals surface area contributed by atoms with E-state index in [1.807, 2.05) is 6.26 Å². The lowest BCUT2D eigenvalue weighted by Gasteiger charge is -2.18. The van der Waals surface area contributed by atoms with E-state index in [-0.39, 0.29) is 0 Å². The van der Waals surface area contributed by atoms with Crippen LogP contribution in [0.4, 0.5) is 0 Å². The van der Waals surface area contributed by atoms with E-state index < -0.39 is 0 Å². The van der Waals surface area contributed by atoms with Gasteiger partial charge >= 0.3 is 0 Å². The van der Waals surface area contributed by atoms with Gasteiger partial charge < -0.3 is 4.74 Å². The lowest BCUT2D eigenvalue weighted by atomic mass is 10.3. The second-order valence-electron chi connectivity index (χ2n) is 4.28. The van der Waals surface area contributed by atoms with Crippen molar-refractivity contribution in [3.05, 3.63) is 11.8 Å². The third-order valence-corrected chi connectivity index (χ3v) is 2.36. The van der Waals surface area contributed by atoms with E-state index in [0.29, 0.717) is 12.1 Å². The molecule has 1 aliphatic rings. The van der Waals surface area contributed by atoms with Gasteiger partial charge in [0, 0.05) is 19.1 Å². The molecule has 0 aromatic rings. The molecule has 0 aliphatic carbocycles. The Morgan fingerprint density at radius 1 is 1.31 bits per heavy atom. The maximum absolute atomic E-state index is 5.47. The second kappa shape index (κ2) is 4.66. The van der Waals surface area contributed by atoms with Crippen LogP contribution in [0.5, 0.6) is 0 Å². The molecule has 0 unspecified atom stereocenters. The molecule has 0 spiro atoms. The highest BCUT2D eigenvalue weighted by Crippen LogP contribution is 2.17. The van der Waals surface area contributed by atoms with E-state index in [9.17, 15) is 0 Å². The normalized spacial score (nSPS) is 22.2. The summed E-state index contributed by atoms with van der Waals surface area (Å²) in [6.45, 7) is 10.9. The first-order valence-electron chi connectivity index (χ1n) is 5.17. The smallest absolute Gasteiger partial charge is 0.0922 e. The van der Waals surface area contributed by atoms with Crippen molar-refractivity contribution in [2.45, 2.75) is 46.3 Å². The minimum atomic E-state index is 0.306. The van der Waals surface area contributed by atoms with Crippen LogP contribution in [0.25, 0.3) is 0 Å². The van der Waals surface area contributed by atoms with Crippen LogP contribution >= 0.6 is 0 Å². The van der Waals surface area contributed by atoms with Gasteiger partial charge in [-0.1, -0.05) is 0 Å². The first-order valence-corrected chi connectivity index (χ1v) is 5.17. The van der Waals surface area contributed by atoms with Crippen LogP contribution in [-0.4, -0.2) is 30.1 Å². The molecule has 13 heavy (non-hydrogen) atoms. The molecule has 0 bridgehead atoms. The summed E-state index contributed by atoms with van der Waals surface area (Å²) in [7, 11) is 0. The standard InChI is InChI=1S/C11H21NO/c1-9(2)12-6-5-11(7-12)8-13-10(3)4/h8-10H,5-7H2,1-4H3/b11-8+. The Hall–Kier alpha value is -0.500. The third kappa shape index (κ3) is 3.39. The summed E-state index contributed by atoms with van der Waals surface area (Å²) in [5.74, 6) is 0. The highest BCUT2D eigenvalue weighted by atomic mass is 16.5. The lowest BCUT2D eigenvalue weighted by Crippen LogP contribution is -2.27. The molecule has 0 amide bonds. The van der Waals surface area contributed by atoms with Gasteiger partial charge in [0.1, 0.15) is 0 Å². The first-order chi connectivity index (χ1) is 6.09. The minimum Gasteiger partial charge on any atom is -0.499 e. The van der Waals surface area contributed by atoms with Crippen LogP contribution in [0.2, 0.25) is 0 Å². The SMILES string of the molecule is CC(C)O/C=C1\CCN(C(C)C)C1. The van der Waals surface area contributed by atoms with Gasteiger partial charge in [-0.2, -0.15) is 0 Å². The number of nitrogens with zero attached hydrogens (tertiary/aromatic N) is 1. The molecule has 0 N–H and O–H groups in total. The number of likely N-dealkylation sites (tertiary alicyclic amines) is 1. The van der Waals surface area contributed by atoms with E-state index in [0.717, 1.165) is 6.54 Å². The molecule has 2 nitrogen and oxygen atoms in total. The lowest BCUT2D eigenvalue weighted by molar-refractivity contribution is 0.176. The highest BCUT2D eigenvalue weighted by Gasteiger charge is 2.18. The molecule has 1 fully saturated rings. The predicted molar refractivity (Wildman–Crippen MR) is 55.6 cm³/mol. The largest absolute Gasteiger partial charge is 0.499 e. The maximum Gasteiger partial charge on any atom is 0.0922 e. The van der Waals surface area contributed by atoms with E-state index >= 15 is 0 Å². The van der Waals surface area contributed by atoms with Crippen molar-refractivity contribution in [1.82, 2.24) is 4.90 Å². The molecule has 1 rings (SSSR count). The van der Waals surface area contributed by atoms with Gasteiger partial charge in [0.25, 0.3) is 0 Å². The summed E-state index contributed by atoms with van der Waals surface area (Å²) >= 11 is 0. The molecular weight excluding hydrogens is 162 g/mol. The summed E-state index contributed by atoms with van der Waals surface area (Å²) in [5.41, 5.74) is 1.43. The van der Waals surface area contributed by atoms with Gasteiger partial charge in [-0.15, -0.1) is 0 Å². The molecule has 0 atom stereocenters. The fourth-order valence-electron chi connectivity index (χ4n) is 1.48. The second-order valence-corrected chi connectivity index (χ2v) is 4.28. The van der Waals surface area contributed by atoms with Crippen LogP contribution in [0.3, 0.4) is 0 Å². The zero-order valence-corrected chi connectivity index (χ0v) is 9.21. The Morgan fingerprint density at radius 3 is 2.46 bits per heavy atom. The molecule has 0 saturated carbocycles. The predicted octanol–water partition coefficient (Wildman–Crippen LogP) is 2.41. The van der Waals surface area contributed by atoms with Gasteiger partial charge in [0.15, 0.2) is 0 Å². The van der Waals surface area contributed by atoms with Crippen molar-refractivity contribution >= 4 is 0 Å². The van der Waals surface area contributed by atoms with Crippen molar-refractivity contribution in [1.29, 1.82) is 0 Å². The average molecular weight is 183 g/mol. The molecule has 0 aromatic carbocycles. The number of ether oxygens (including phenoxy) is 1. The minimum absolute atomic E-state index is 0.306. The zero-order valence-electron chi connectivity index (χ0n) is 9.21. The van der Waals surface area contributed by atoms with Crippen LogP contribution in [-0.2, 0) is 4.74 Å². The van der Waals surface area contributed by atoms with E-state index in [4.69, 9.17) is 4.74 Å². The molecular formula is C11H21NO. The quantitative estimate of drug-likeness (QED) is 0.623. The van der Waals surface area contributed by atoms with Crippen LogP contribution in [0.15, 0.2) is 11.8 Å². The molecule has 1 saturated heterocycles. The molecule has 1 aliphatic heterocycles. The Kier molecular flexibility index (Phi) is 3.79.